The molecule has 0 bridgehead atoms. The fourth-order valence-electron chi connectivity index (χ4n) is 3.24. The van der Waals surface area contributed by atoms with Gasteiger partial charge in [0.1, 0.15) is 5.75 Å². The Morgan fingerprint density at radius 3 is 2.42 bits per heavy atom. The van der Waals surface area contributed by atoms with Crippen LogP contribution in [0.5, 0.6) is 11.5 Å². The topological polar surface area (TPSA) is 12.5 Å². The quantitative estimate of drug-likeness (QED) is 0.685. The maximum Gasteiger partial charge on any atom is 0.165 e. The molecule has 0 aliphatic carbocycles. The van der Waals surface area contributed by atoms with Crippen LogP contribution in [0.25, 0.3) is 0 Å². The number of para-hydroxylation sites is 1. The van der Waals surface area contributed by atoms with E-state index < -0.39 is 0 Å². The van der Waals surface area contributed by atoms with Crippen LogP contribution in [0.2, 0.25) is 0 Å². The van der Waals surface area contributed by atoms with Gasteiger partial charge in [0.25, 0.3) is 0 Å². The number of benzene rings is 2. The van der Waals surface area contributed by atoms with Crippen molar-refractivity contribution in [2.24, 2.45) is 0 Å². The second-order valence-electron chi connectivity index (χ2n) is 6.69. The molecule has 1 atom stereocenters. The number of nitrogens with zero attached hydrogens (tertiary/aromatic N) is 1. The Hall–Kier alpha value is -1.87. The second-order valence-corrected chi connectivity index (χ2v) is 6.69. The van der Waals surface area contributed by atoms with Gasteiger partial charge in [-0.05, 0) is 74.6 Å². The summed E-state index contributed by atoms with van der Waals surface area (Å²) in [5.41, 5.74) is 1.31. The van der Waals surface area contributed by atoms with Crippen LogP contribution in [0.1, 0.15) is 44.1 Å². The molecule has 1 aliphatic rings. The zero-order chi connectivity index (χ0) is 16.8. The Balaban J connectivity index is 1.54. The van der Waals surface area contributed by atoms with E-state index in [0.29, 0.717) is 11.7 Å². The SMILES string of the molecule is CC(CCN1CCCCC1)c1ccc(Oc2ccccc2F)cc1. The number of halogens is 1. The van der Waals surface area contributed by atoms with E-state index in [4.69, 9.17) is 4.74 Å². The van der Waals surface area contributed by atoms with Gasteiger partial charge in [-0.1, -0.05) is 37.6 Å². The Bertz CT molecular complexity index is 635. The maximum absolute atomic E-state index is 13.6. The summed E-state index contributed by atoms with van der Waals surface area (Å²) in [4.78, 5) is 2.58. The molecule has 0 N–H and O–H groups in total. The molecule has 0 radical (unpaired) electrons. The third-order valence-electron chi connectivity index (χ3n) is 4.84. The molecule has 24 heavy (non-hydrogen) atoms. The molecule has 0 saturated carbocycles. The second kappa shape index (κ2) is 8.29. The molecule has 2 aromatic rings. The van der Waals surface area contributed by atoms with Gasteiger partial charge in [-0.3, -0.25) is 0 Å². The van der Waals surface area contributed by atoms with Gasteiger partial charge in [0.05, 0.1) is 0 Å². The number of hydrogen-bond acceptors (Lipinski definition) is 2. The highest BCUT2D eigenvalue weighted by Gasteiger charge is 2.12. The van der Waals surface area contributed by atoms with Crippen molar-refractivity contribution in [3.05, 3.63) is 59.9 Å². The minimum atomic E-state index is -0.337. The van der Waals surface area contributed by atoms with Crippen LogP contribution in [-0.2, 0) is 0 Å². The standard InChI is InChI=1S/C21H26FNO/c1-17(13-16-23-14-5-2-6-15-23)18-9-11-19(12-10-18)24-21-8-4-3-7-20(21)22/h3-4,7-12,17H,2,5-6,13-16H2,1H3. The van der Waals surface area contributed by atoms with Crippen molar-refractivity contribution in [1.82, 2.24) is 4.90 Å². The predicted octanol–water partition coefficient (Wildman–Crippen LogP) is 5.60. The van der Waals surface area contributed by atoms with Crippen molar-refractivity contribution in [3.63, 3.8) is 0 Å². The van der Waals surface area contributed by atoms with E-state index in [1.807, 2.05) is 12.1 Å². The van der Waals surface area contributed by atoms with Crippen LogP contribution in [0.4, 0.5) is 4.39 Å². The van der Waals surface area contributed by atoms with Gasteiger partial charge >= 0.3 is 0 Å². The Morgan fingerprint density at radius 1 is 1.00 bits per heavy atom. The molecule has 0 aromatic heterocycles. The van der Waals surface area contributed by atoms with Crippen molar-refractivity contribution >= 4 is 0 Å². The Morgan fingerprint density at radius 2 is 1.71 bits per heavy atom. The lowest BCUT2D eigenvalue weighted by molar-refractivity contribution is 0.222. The molecule has 3 heteroatoms. The minimum Gasteiger partial charge on any atom is -0.454 e. The zero-order valence-electron chi connectivity index (χ0n) is 14.4. The van der Waals surface area contributed by atoms with E-state index in [-0.39, 0.29) is 11.6 Å². The highest BCUT2D eigenvalue weighted by molar-refractivity contribution is 5.34. The summed E-state index contributed by atoms with van der Waals surface area (Å²) < 4.78 is 19.2. The number of rotatable bonds is 6. The molecule has 3 rings (SSSR count). The monoisotopic (exact) mass is 327 g/mol. The van der Waals surface area contributed by atoms with E-state index in [0.717, 1.165) is 0 Å². The number of piperidine rings is 1. The van der Waals surface area contributed by atoms with Crippen molar-refractivity contribution in [3.8, 4) is 11.5 Å². The summed E-state index contributed by atoms with van der Waals surface area (Å²) in [5, 5.41) is 0. The molecule has 1 heterocycles. The van der Waals surface area contributed by atoms with Gasteiger partial charge in [-0.25, -0.2) is 4.39 Å². The van der Waals surface area contributed by atoms with Gasteiger partial charge in [0.2, 0.25) is 0 Å². The maximum atomic E-state index is 13.6. The molecule has 1 fully saturated rings. The van der Waals surface area contributed by atoms with Gasteiger partial charge in [-0.2, -0.15) is 0 Å². The molecule has 0 spiro atoms. The van der Waals surface area contributed by atoms with Gasteiger partial charge in [-0.15, -0.1) is 0 Å². The summed E-state index contributed by atoms with van der Waals surface area (Å²) in [6, 6.07) is 14.5. The smallest absolute Gasteiger partial charge is 0.165 e. The average Bonchev–Trinajstić information content (AvgIpc) is 2.63. The third kappa shape index (κ3) is 4.57. The first-order valence-electron chi connectivity index (χ1n) is 8.97. The Labute approximate surface area is 144 Å². The number of hydrogen-bond donors (Lipinski definition) is 0. The van der Waals surface area contributed by atoms with Crippen LogP contribution in [0, 0.1) is 5.82 Å². The highest BCUT2D eigenvalue weighted by atomic mass is 19.1. The molecular weight excluding hydrogens is 301 g/mol. The summed E-state index contributed by atoms with van der Waals surface area (Å²) >= 11 is 0. The molecule has 0 amide bonds. The van der Waals surface area contributed by atoms with E-state index in [9.17, 15) is 4.39 Å². The first kappa shape index (κ1) is 17.0. The van der Waals surface area contributed by atoms with E-state index in [1.165, 1.54) is 56.9 Å². The summed E-state index contributed by atoms with van der Waals surface area (Å²) in [6.07, 6.45) is 5.25. The lowest BCUT2D eigenvalue weighted by atomic mass is 9.97. The molecule has 2 aromatic carbocycles. The number of likely N-dealkylation sites (tertiary alicyclic amines) is 1. The minimum absolute atomic E-state index is 0.267. The first-order chi connectivity index (χ1) is 11.7. The lowest BCUT2D eigenvalue weighted by Crippen LogP contribution is -2.31. The van der Waals surface area contributed by atoms with Crippen molar-refractivity contribution in [2.75, 3.05) is 19.6 Å². The summed E-state index contributed by atoms with van der Waals surface area (Å²) in [5.74, 6) is 1.13. The van der Waals surface area contributed by atoms with Crippen molar-refractivity contribution < 1.29 is 9.13 Å². The van der Waals surface area contributed by atoms with Gasteiger partial charge in [0, 0.05) is 0 Å². The first-order valence-corrected chi connectivity index (χ1v) is 8.97. The van der Waals surface area contributed by atoms with E-state index in [1.54, 1.807) is 18.2 Å². The fourth-order valence-corrected chi connectivity index (χ4v) is 3.24. The number of ether oxygens (including phenoxy) is 1. The van der Waals surface area contributed by atoms with E-state index in [2.05, 4.69) is 24.0 Å². The van der Waals surface area contributed by atoms with Crippen LogP contribution in [-0.4, -0.2) is 24.5 Å². The van der Waals surface area contributed by atoms with Crippen LogP contribution in [0.3, 0.4) is 0 Å². The van der Waals surface area contributed by atoms with Gasteiger partial charge < -0.3 is 9.64 Å². The zero-order valence-corrected chi connectivity index (χ0v) is 14.4. The van der Waals surface area contributed by atoms with E-state index >= 15 is 0 Å². The molecular formula is C21H26FNO. The molecule has 1 unspecified atom stereocenters. The lowest BCUT2D eigenvalue weighted by Gasteiger charge is -2.27. The van der Waals surface area contributed by atoms with Crippen LogP contribution in [0.15, 0.2) is 48.5 Å². The largest absolute Gasteiger partial charge is 0.454 e. The molecule has 128 valence electrons. The van der Waals surface area contributed by atoms with Gasteiger partial charge in [0.15, 0.2) is 11.6 Å². The Kier molecular flexibility index (Phi) is 5.86. The highest BCUT2D eigenvalue weighted by Crippen LogP contribution is 2.27. The predicted molar refractivity (Wildman–Crippen MR) is 96.2 cm³/mol. The van der Waals surface area contributed by atoms with Crippen molar-refractivity contribution in [2.45, 2.75) is 38.5 Å². The fraction of sp³-hybridized carbons (Fsp3) is 0.429. The summed E-state index contributed by atoms with van der Waals surface area (Å²) in [7, 11) is 0. The average molecular weight is 327 g/mol. The molecule has 1 aliphatic heterocycles. The normalized spacial score (nSPS) is 16.8. The molecule has 2 nitrogen and oxygen atoms in total. The van der Waals surface area contributed by atoms with Crippen LogP contribution >= 0.6 is 0 Å². The van der Waals surface area contributed by atoms with Crippen molar-refractivity contribution in [1.29, 1.82) is 0 Å². The molecule has 1 saturated heterocycles. The summed E-state index contributed by atoms with van der Waals surface area (Å²) in [6.45, 7) is 5.95. The van der Waals surface area contributed by atoms with Crippen LogP contribution < -0.4 is 4.74 Å². The third-order valence-corrected chi connectivity index (χ3v) is 4.84.